The molecule has 0 saturated heterocycles. The van der Waals surface area contributed by atoms with Crippen LogP contribution in [-0.2, 0) is 4.79 Å². The Hall–Kier alpha value is -1.84. The number of nitrogens with zero attached hydrogens (tertiary/aromatic N) is 2. The van der Waals surface area contributed by atoms with E-state index in [0.29, 0.717) is 0 Å². The minimum atomic E-state index is -0.0137. The number of aromatic nitrogens is 2. The average molecular weight is 217 g/mol. The van der Waals surface area contributed by atoms with E-state index in [-0.39, 0.29) is 11.8 Å². The van der Waals surface area contributed by atoms with Crippen molar-refractivity contribution in [1.29, 1.82) is 0 Å². The van der Waals surface area contributed by atoms with E-state index in [2.05, 4.69) is 10.3 Å². The molecule has 2 aromatic rings. The van der Waals surface area contributed by atoms with Crippen LogP contribution >= 0.6 is 0 Å². The first-order valence-corrected chi connectivity index (χ1v) is 5.32. The molecule has 0 spiro atoms. The number of pyridine rings is 1. The van der Waals surface area contributed by atoms with Gasteiger partial charge < -0.3 is 9.72 Å². The quantitative estimate of drug-likeness (QED) is 0.838. The number of hydrogen-bond acceptors (Lipinski definition) is 2. The summed E-state index contributed by atoms with van der Waals surface area (Å²) in [6.45, 7) is 5.68. The molecule has 0 bridgehead atoms. The van der Waals surface area contributed by atoms with E-state index in [4.69, 9.17) is 0 Å². The van der Waals surface area contributed by atoms with Gasteiger partial charge in [-0.3, -0.25) is 4.79 Å². The van der Waals surface area contributed by atoms with Gasteiger partial charge >= 0.3 is 0 Å². The third-order valence-corrected chi connectivity index (χ3v) is 2.36. The summed E-state index contributed by atoms with van der Waals surface area (Å²) in [5.41, 5.74) is 2.65. The van der Waals surface area contributed by atoms with Crippen molar-refractivity contribution in [3.05, 3.63) is 30.2 Å². The van der Waals surface area contributed by atoms with Gasteiger partial charge in [0.15, 0.2) is 0 Å². The van der Waals surface area contributed by atoms with E-state index in [1.54, 1.807) is 0 Å². The largest absolute Gasteiger partial charge is 0.325 e. The van der Waals surface area contributed by atoms with Gasteiger partial charge in [-0.25, -0.2) is 4.98 Å². The Bertz CT molecular complexity index is 528. The first kappa shape index (κ1) is 10.7. The van der Waals surface area contributed by atoms with E-state index in [1.165, 1.54) is 0 Å². The van der Waals surface area contributed by atoms with E-state index in [9.17, 15) is 4.79 Å². The van der Waals surface area contributed by atoms with Gasteiger partial charge in [-0.15, -0.1) is 0 Å². The minimum Gasteiger partial charge on any atom is -0.325 e. The lowest BCUT2D eigenvalue weighted by Gasteiger charge is -2.07. The van der Waals surface area contributed by atoms with Crippen molar-refractivity contribution in [2.75, 3.05) is 5.32 Å². The highest BCUT2D eigenvalue weighted by Gasteiger charge is 2.07. The van der Waals surface area contributed by atoms with Crippen LogP contribution in [0.25, 0.3) is 5.65 Å². The van der Waals surface area contributed by atoms with E-state index >= 15 is 0 Å². The number of nitrogens with one attached hydrogen (secondary N) is 1. The molecule has 2 rings (SSSR count). The van der Waals surface area contributed by atoms with Crippen LogP contribution < -0.4 is 5.32 Å². The molecule has 84 valence electrons. The summed E-state index contributed by atoms with van der Waals surface area (Å²) in [6, 6.07) is 3.75. The second kappa shape index (κ2) is 3.96. The zero-order valence-electron chi connectivity index (χ0n) is 9.69. The van der Waals surface area contributed by atoms with Crippen molar-refractivity contribution in [2.45, 2.75) is 20.8 Å². The maximum atomic E-state index is 11.5. The molecular formula is C12H15N3O. The highest BCUT2D eigenvalue weighted by molar-refractivity contribution is 5.92. The fourth-order valence-electron chi connectivity index (χ4n) is 1.48. The molecule has 1 N–H and O–H groups in total. The number of carbonyl (C=O) groups is 1. The molecule has 4 nitrogen and oxygen atoms in total. The zero-order valence-corrected chi connectivity index (χ0v) is 9.69. The summed E-state index contributed by atoms with van der Waals surface area (Å²) >= 11 is 0. The SMILES string of the molecule is Cc1cn2cc(NC(=O)C(C)C)ccc2n1. The Kier molecular flexibility index (Phi) is 2.64. The molecule has 2 aromatic heterocycles. The predicted octanol–water partition coefficient (Wildman–Crippen LogP) is 2.24. The number of anilines is 1. The lowest BCUT2D eigenvalue weighted by molar-refractivity contribution is -0.118. The summed E-state index contributed by atoms with van der Waals surface area (Å²) in [5.74, 6) is 0.0106. The van der Waals surface area contributed by atoms with Gasteiger partial charge in [0.25, 0.3) is 0 Å². The number of imidazole rings is 1. The summed E-state index contributed by atoms with van der Waals surface area (Å²) < 4.78 is 1.91. The van der Waals surface area contributed by atoms with E-state index < -0.39 is 0 Å². The standard InChI is InChI=1S/C12H15N3O/c1-8(2)12(16)14-10-4-5-11-13-9(3)6-15(11)7-10/h4-8H,1-3H3,(H,14,16). The predicted molar refractivity (Wildman–Crippen MR) is 63.4 cm³/mol. The number of amides is 1. The van der Waals surface area contributed by atoms with Crippen LogP contribution in [0.5, 0.6) is 0 Å². The monoisotopic (exact) mass is 217 g/mol. The molecule has 0 aliphatic heterocycles. The van der Waals surface area contributed by atoms with Crippen molar-refractivity contribution in [2.24, 2.45) is 5.92 Å². The molecule has 0 saturated carbocycles. The molecule has 0 aromatic carbocycles. The van der Waals surface area contributed by atoms with Crippen LogP contribution in [0.3, 0.4) is 0 Å². The Balaban J connectivity index is 2.29. The molecule has 0 radical (unpaired) electrons. The van der Waals surface area contributed by atoms with Crippen LogP contribution in [0.4, 0.5) is 5.69 Å². The number of hydrogen-bond donors (Lipinski definition) is 1. The van der Waals surface area contributed by atoms with Crippen molar-refractivity contribution in [1.82, 2.24) is 9.38 Å². The van der Waals surface area contributed by atoms with Crippen LogP contribution in [0.1, 0.15) is 19.5 Å². The molecule has 0 aliphatic rings. The zero-order chi connectivity index (χ0) is 11.7. The molecule has 0 unspecified atom stereocenters. The molecule has 16 heavy (non-hydrogen) atoms. The van der Waals surface area contributed by atoms with E-state index in [0.717, 1.165) is 17.0 Å². The smallest absolute Gasteiger partial charge is 0.226 e. The van der Waals surface area contributed by atoms with Crippen LogP contribution in [0.2, 0.25) is 0 Å². The van der Waals surface area contributed by atoms with Crippen LogP contribution in [0.15, 0.2) is 24.5 Å². The van der Waals surface area contributed by atoms with Gasteiger partial charge in [-0.1, -0.05) is 13.8 Å². The van der Waals surface area contributed by atoms with Crippen molar-refractivity contribution >= 4 is 17.2 Å². The Morgan fingerprint density at radius 2 is 2.12 bits per heavy atom. The summed E-state index contributed by atoms with van der Waals surface area (Å²) in [5, 5.41) is 2.86. The van der Waals surface area contributed by atoms with Crippen molar-refractivity contribution in [3.8, 4) is 0 Å². The van der Waals surface area contributed by atoms with E-state index in [1.807, 2.05) is 49.7 Å². The summed E-state index contributed by atoms with van der Waals surface area (Å²) in [6.07, 6.45) is 3.80. The molecule has 0 atom stereocenters. The number of rotatable bonds is 2. The average Bonchev–Trinajstić information content (AvgIpc) is 2.57. The Labute approximate surface area is 94.3 Å². The summed E-state index contributed by atoms with van der Waals surface area (Å²) in [7, 11) is 0. The van der Waals surface area contributed by atoms with Crippen molar-refractivity contribution < 1.29 is 4.79 Å². The molecule has 0 fully saturated rings. The Morgan fingerprint density at radius 1 is 1.38 bits per heavy atom. The summed E-state index contributed by atoms with van der Waals surface area (Å²) in [4.78, 5) is 15.8. The van der Waals surface area contributed by atoms with Gasteiger partial charge in [0.05, 0.1) is 11.4 Å². The van der Waals surface area contributed by atoms with Gasteiger partial charge in [-0.2, -0.15) is 0 Å². The number of aryl methyl sites for hydroxylation is 1. The maximum Gasteiger partial charge on any atom is 0.226 e. The second-order valence-electron chi connectivity index (χ2n) is 4.21. The lowest BCUT2D eigenvalue weighted by Crippen LogP contribution is -2.17. The van der Waals surface area contributed by atoms with Crippen LogP contribution in [0, 0.1) is 12.8 Å². The maximum absolute atomic E-state index is 11.5. The first-order chi connectivity index (χ1) is 7.56. The lowest BCUT2D eigenvalue weighted by atomic mass is 10.2. The fourth-order valence-corrected chi connectivity index (χ4v) is 1.48. The second-order valence-corrected chi connectivity index (χ2v) is 4.21. The first-order valence-electron chi connectivity index (χ1n) is 5.32. The molecule has 1 amide bonds. The Morgan fingerprint density at radius 3 is 2.81 bits per heavy atom. The number of carbonyl (C=O) groups excluding carboxylic acids is 1. The van der Waals surface area contributed by atoms with Gasteiger partial charge in [0.2, 0.25) is 5.91 Å². The highest BCUT2D eigenvalue weighted by atomic mass is 16.1. The number of fused-ring (bicyclic) bond motifs is 1. The molecule has 4 heteroatoms. The molecular weight excluding hydrogens is 202 g/mol. The van der Waals surface area contributed by atoms with Gasteiger partial charge in [0.1, 0.15) is 5.65 Å². The fraction of sp³-hybridized carbons (Fsp3) is 0.333. The molecule has 0 aliphatic carbocycles. The molecule has 2 heterocycles. The van der Waals surface area contributed by atoms with Crippen molar-refractivity contribution in [3.63, 3.8) is 0 Å². The van der Waals surface area contributed by atoms with Gasteiger partial charge in [-0.05, 0) is 19.1 Å². The van der Waals surface area contributed by atoms with Gasteiger partial charge in [0, 0.05) is 18.3 Å². The normalized spacial score (nSPS) is 11.0. The topological polar surface area (TPSA) is 46.4 Å². The minimum absolute atomic E-state index is 0.0137. The third kappa shape index (κ3) is 2.05. The van der Waals surface area contributed by atoms with Crippen LogP contribution in [-0.4, -0.2) is 15.3 Å². The third-order valence-electron chi connectivity index (χ3n) is 2.36. The highest BCUT2D eigenvalue weighted by Crippen LogP contribution is 2.12.